The lowest BCUT2D eigenvalue weighted by Crippen LogP contribution is -2.24. The van der Waals surface area contributed by atoms with Crippen molar-refractivity contribution in [1.29, 1.82) is 0 Å². The molecule has 140 valence electrons. The summed E-state index contributed by atoms with van der Waals surface area (Å²) in [6.07, 6.45) is -3.02. The Morgan fingerprint density at radius 2 is 1.85 bits per heavy atom. The topological polar surface area (TPSA) is 80.7 Å². The Kier molecular flexibility index (Phi) is 6.40. The number of nitrogens with one attached hydrogen (secondary N) is 1. The highest BCUT2D eigenvalue weighted by molar-refractivity contribution is 5.95. The summed E-state index contributed by atoms with van der Waals surface area (Å²) >= 11 is 0. The molecule has 9 heteroatoms. The van der Waals surface area contributed by atoms with Gasteiger partial charge in [-0.15, -0.1) is 0 Å². The number of alkyl halides is 3. The number of pyridine rings is 1. The third kappa shape index (κ3) is 5.62. The third-order valence-corrected chi connectivity index (χ3v) is 3.33. The number of aromatic nitrogens is 1. The van der Waals surface area contributed by atoms with Gasteiger partial charge in [0.25, 0.3) is 5.91 Å². The van der Waals surface area contributed by atoms with Crippen LogP contribution in [0.2, 0.25) is 0 Å². The van der Waals surface area contributed by atoms with Crippen molar-refractivity contribution in [2.24, 2.45) is 0 Å². The quantitative estimate of drug-likeness (QED) is 0.783. The minimum atomic E-state index is -4.36. The van der Waals surface area contributed by atoms with Gasteiger partial charge < -0.3 is 19.9 Å². The lowest BCUT2D eigenvalue weighted by molar-refractivity contribution is -0.176. The van der Waals surface area contributed by atoms with Crippen LogP contribution in [0.4, 0.5) is 13.2 Å². The first kappa shape index (κ1) is 19.5. The van der Waals surface area contributed by atoms with Crippen LogP contribution in [0, 0.1) is 0 Å². The van der Waals surface area contributed by atoms with Crippen LogP contribution in [0.15, 0.2) is 36.5 Å². The zero-order chi connectivity index (χ0) is 19.2. The number of amides is 1. The minimum absolute atomic E-state index is 0.133. The van der Waals surface area contributed by atoms with E-state index >= 15 is 0 Å². The maximum atomic E-state index is 12.1. The fraction of sp³-hybridized carbons (Fsp3) is 0.294. The Labute approximate surface area is 147 Å². The van der Waals surface area contributed by atoms with Gasteiger partial charge in [0.15, 0.2) is 17.2 Å². The Morgan fingerprint density at radius 1 is 1.19 bits per heavy atom. The monoisotopic (exact) mass is 370 g/mol. The molecule has 1 heterocycles. The van der Waals surface area contributed by atoms with Gasteiger partial charge in [-0.2, -0.15) is 13.2 Å². The van der Waals surface area contributed by atoms with Crippen LogP contribution >= 0.6 is 0 Å². The van der Waals surface area contributed by atoms with E-state index in [1.54, 1.807) is 24.3 Å². The number of ether oxygens (including phenoxy) is 2. The second-order valence-electron chi connectivity index (χ2n) is 5.32. The normalized spacial score (nSPS) is 11.2. The van der Waals surface area contributed by atoms with Crippen LogP contribution in [0.3, 0.4) is 0 Å². The highest BCUT2D eigenvalue weighted by Gasteiger charge is 2.27. The maximum Gasteiger partial charge on any atom is 0.411 e. The van der Waals surface area contributed by atoms with Crippen molar-refractivity contribution < 1.29 is 32.5 Å². The number of methoxy groups -OCH3 is 1. The predicted molar refractivity (Wildman–Crippen MR) is 85.8 cm³/mol. The summed E-state index contributed by atoms with van der Waals surface area (Å²) in [7, 11) is 1.36. The molecule has 2 N–H and O–H groups in total. The molecule has 0 unspecified atom stereocenters. The van der Waals surface area contributed by atoms with E-state index in [-0.39, 0.29) is 30.3 Å². The number of halogens is 3. The van der Waals surface area contributed by atoms with Crippen molar-refractivity contribution in [1.82, 2.24) is 10.3 Å². The summed E-state index contributed by atoms with van der Waals surface area (Å²) in [4.78, 5) is 15.9. The molecular formula is C17H17F3N2O4. The standard InChI is InChI=1S/C17H17F3N2O4/c1-25-13-6-7-21-14(15(13)23)16(24)22-8-11-2-4-12(5-3-11)9-26-10-17(18,19)20/h2-7,23H,8-10H2,1H3,(H,22,24). The van der Waals surface area contributed by atoms with Crippen LogP contribution in [0.5, 0.6) is 11.5 Å². The van der Waals surface area contributed by atoms with Crippen molar-refractivity contribution in [2.45, 2.75) is 19.3 Å². The van der Waals surface area contributed by atoms with Gasteiger partial charge in [-0.1, -0.05) is 24.3 Å². The molecule has 1 aromatic carbocycles. The average molecular weight is 370 g/mol. The van der Waals surface area contributed by atoms with Crippen molar-refractivity contribution in [3.63, 3.8) is 0 Å². The summed E-state index contributed by atoms with van der Waals surface area (Å²) in [6.45, 7) is -1.31. The molecular weight excluding hydrogens is 353 g/mol. The zero-order valence-corrected chi connectivity index (χ0v) is 13.8. The second kappa shape index (κ2) is 8.52. The summed E-state index contributed by atoms with van der Waals surface area (Å²) < 4.78 is 45.5. The maximum absolute atomic E-state index is 12.1. The zero-order valence-electron chi connectivity index (χ0n) is 13.8. The fourth-order valence-electron chi connectivity index (χ4n) is 2.07. The lowest BCUT2D eigenvalue weighted by atomic mass is 10.1. The molecule has 0 aliphatic heterocycles. The van der Waals surface area contributed by atoms with E-state index in [1.807, 2.05) is 0 Å². The highest BCUT2D eigenvalue weighted by atomic mass is 19.4. The van der Waals surface area contributed by atoms with Crippen LogP contribution in [0.25, 0.3) is 0 Å². The van der Waals surface area contributed by atoms with Gasteiger partial charge in [0.05, 0.1) is 13.7 Å². The van der Waals surface area contributed by atoms with Crippen molar-refractivity contribution >= 4 is 5.91 Å². The third-order valence-electron chi connectivity index (χ3n) is 3.33. The predicted octanol–water partition coefficient (Wildman–Crippen LogP) is 2.80. The van der Waals surface area contributed by atoms with Gasteiger partial charge >= 0.3 is 6.18 Å². The van der Waals surface area contributed by atoms with Gasteiger partial charge in [-0.05, 0) is 11.1 Å². The molecule has 0 bridgehead atoms. The molecule has 2 aromatic rings. The first-order valence-electron chi connectivity index (χ1n) is 7.52. The number of aromatic hydroxyl groups is 1. The van der Waals surface area contributed by atoms with E-state index in [4.69, 9.17) is 4.74 Å². The number of carbonyl (C=O) groups is 1. The fourth-order valence-corrected chi connectivity index (χ4v) is 2.07. The van der Waals surface area contributed by atoms with Gasteiger partial charge in [-0.25, -0.2) is 4.98 Å². The van der Waals surface area contributed by atoms with E-state index < -0.39 is 18.7 Å². The molecule has 0 aliphatic carbocycles. The van der Waals surface area contributed by atoms with Crippen molar-refractivity contribution in [3.05, 3.63) is 53.3 Å². The van der Waals surface area contributed by atoms with E-state index in [9.17, 15) is 23.1 Å². The molecule has 0 spiro atoms. The molecule has 0 aliphatic rings. The van der Waals surface area contributed by atoms with Crippen LogP contribution in [0.1, 0.15) is 21.6 Å². The molecule has 0 saturated carbocycles. The summed E-state index contributed by atoms with van der Waals surface area (Å²) in [5.41, 5.74) is 1.14. The molecule has 26 heavy (non-hydrogen) atoms. The van der Waals surface area contributed by atoms with Gasteiger partial charge in [-0.3, -0.25) is 4.79 Å². The Bertz CT molecular complexity index is 749. The van der Waals surface area contributed by atoms with E-state index in [0.29, 0.717) is 5.56 Å². The molecule has 6 nitrogen and oxygen atoms in total. The van der Waals surface area contributed by atoms with Crippen LogP contribution < -0.4 is 10.1 Å². The first-order valence-corrected chi connectivity index (χ1v) is 7.52. The Balaban J connectivity index is 1.89. The number of nitrogens with zero attached hydrogens (tertiary/aromatic N) is 1. The van der Waals surface area contributed by atoms with Crippen LogP contribution in [-0.4, -0.2) is 35.9 Å². The second-order valence-corrected chi connectivity index (χ2v) is 5.32. The molecule has 1 aromatic heterocycles. The smallest absolute Gasteiger partial charge is 0.411 e. The number of hydrogen-bond acceptors (Lipinski definition) is 5. The van der Waals surface area contributed by atoms with Gasteiger partial charge in [0.1, 0.15) is 6.61 Å². The van der Waals surface area contributed by atoms with E-state index in [1.165, 1.54) is 19.4 Å². The summed E-state index contributed by atoms with van der Waals surface area (Å²) in [5, 5.41) is 12.5. The number of hydrogen-bond donors (Lipinski definition) is 2. The first-order chi connectivity index (χ1) is 12.3. The number of rotatable bonds is 7. The summed E-state index contributed by atoms with van der Waals surface area (Å²) in [5.74, 6) is -0.808. The van der Waals surface area contributed by atoms with E-state index in [0.717, 1.165) is 5.56 Å². The molecule has 0 atom stereocenters. The summed E-state index contributed by atoms with van der Waals surface area (Å²) in [6, 6.07) is 7.96. The van der Waals surface area contributed by atoms with Gasteiger partial charge in [0.2, 0.25) is 0 Å². The molecule has 0 radical (unpaired) electrons. The Hall–Kier alpha value is -2.81. The van der Waals surface area contributed by atoms with Crippen molar-refractivity contribution in [2.75, 3.05) is 13.7 Å². The molecule has 1 amide bonds. The highest BCUT2D eigenvalue weighted by Crippen LogP contribution is 2.27. The SMILES string of the molecule is COc1ccnc(C(=O)NCc2ccc(COCC(F)(F)F)cc2)c1O. The van der Waals surface area contributed by atoms with Crippen molar-refractivity contribution in [3.8, 4) is 11.5 Å². The number of benzene rings is 1. The lowest BCUT2D eigenvalue weighted by Gasteiger charge is -2.10. The van der Waals surface area contributed by atoms with Crippen LogP contribution in [-0.2, 0) is 17.9 Å². The average Bonchev–Trinajstić information content (AvgIpc) is 2.60. The largest absolute Gasteiger partial charge is 0.503 e. The Morgan fingerprint density at radius 3 is 2.46 bits per heavy atom. The van der Waals surface area contributed by atoms with Gasteiger partial charge in [0, 0.05) is 18.8 Å². The number of carbonyl (C=O) groups excluding carboxylic acids is 1. The molecule has 2 rings (SSSR count). The minimum Gasteiger partial charge on any atom is -0.503 e. The van der Waals surface area contributed by atoms with E-state index in [2.05, 4.69) is 15.0 Å². The molecule has 0 saturated heterocycles. The molecule has 0 fully saturated rings.